The standard InChI is InChI=1S/C28H34N6O2S2/c1-28(2,3)19-9-10-21-22(16-29)26(38-23(21)15-19)30-25(35)18-37-27-32-31-24(17-33-11-13-36-14-12-33)34(27)20-7-5-4-6-8-20/h4-8,19H,9-15,17-18H2,1-3H3,(H,30,35). The molecule has 2 aliphatic rings. The fourth-order valence-electron chi connectivity index (χ4n) is 5.12. The number of fused-ring (bicyclic) bond motifs is 1. The molecule has 0 spiro atoms. The van der Waals surface area contributed by atoms with Crippen LogP contribution < -0.4 is 5.32 Å². The topological polar surface area (TPSA) is 96.1 Å². The van der Waals surface area contributed by atoms with E-state index in [9.17, 15) is 10.1 Å². The number of benzene rings is 1. The molecule has 38 heavy (non-hydrogen) atoms. The van der Waals surface area contributed by atoms with Crippen molar-refractivity contribution in [2.75, 3.05) is 37.4 Å². The SMILES string of the molecule is CC(C)(C)C1CCc2c(sc(NC(=O)CSc3nnc(CN4CCOCC4)n3-c3ccccc3)c2C#N)C1. The minimum Gasteiger partial charge on any atom is -0.379 e. The van der Waals surface area contributed by atoms with Crippen molar-refractivity contribution in [2.24, 2.45) is 11.3 Å². The Morgan fingerprint density at radius 3 is 2.71 bits per heavy atom. The second-order valence-electron chi connectivity index (χ2n) is 10.9. The summed E-state index contributed by atoms with van der Waals surface area (Å²) in [5.41, 5.74) is 2.95. The van der Waals surface area contributed by atoms with Gasteiger partial charge in [0.05, 0.1) is 31.1 Å². The van der Waals surface area contributed by atoms with Crippen molar-refractivity contribution in [1.29, 1.82) is 5.26 Å². The second kappa shape index (κ2) is 11.6. The van der Waals surface area contributed by atoms with E-state index in [-0.39, 0.29) is 17.1 Å². The third-order valence-corrected chi connectivity index (χ3v) is 9.47. The lowest BCUT2D eigenvalue weighted by molar-refractivity contribution is -0.113. The van der Waals surface area contributed by atoms with Crippen LogP contribution >= 0.6 is 23.1 Å². The van der Waals surface area contributed by atoms with E-state index < -0.39 is 0 Å². The van der Waals surface area contributed by atoms with Crippen LogP contribution in [0.1, 0.15) is 49.0 Å². The molecule has 8 nitrogen and oxygen atoms in total. The summed E-state index contributed by atoms with van der Waals surface area (Å²) < 4.78 is 7.51. The number of carbonyl (C=O) groups is 1. The summed E-state index contributed by atoms with van der Waals surface area (Å²) in [6.07, 6.45) is 2.94. The molecule has 3 aromatic rings. The van der Waals surface area contributed by atoms with Gasteiger partial charge in [-0.05, 0) is 48.3 Å². The van der Waals surface area contributed by atoms with Crippen LogP contribution in [0.5, 0.6) is 0 Å². The zero-order chi connectivity index (χ0) is 26.7. The Hall–Kier alpha value is -2.71. The van der Waals surface area contributed by atoms with Gasteiger partial charge in [0.1, 0.15) is 11.1 Å². The number of hydrogen-bond acceptors (Lipinski definition) is 8. The lowest BCUT2D eigenvalue weighted by Gasteiger charge is -2.33. The molecule has 5 rings (SSSR count). The predicted molar refractivity (Wildman–Crippen MR) is 151 cm³/mol. The third-order valence-electron chi connectivity index (χ3n) is 7.37. The number of carbonyl (C=O) groups excluding carboxylic acids is 1. The van der Waals surface area contributed by atoms with E-state index in [4.69, 9.17) is 4.74 Å². The van der Waals surface area contributed by atoms with Crippen LogP contribution in [0.25, 0.3) is 5.69 Å². The molecule has 1 aliphatic carbocycles. The molecule has 1 aliphatic heterocycles. The number of nitrogens with zero attached hydrogens (tertiary/aromatic N) is 5. The Labute approximate surface area is 232 Å². The molecule has 3 heterocycles. The summed E-state index contributed by atoms with van der Waals surface area (Å²) in [6.45, 7) is 10.7. The number of thiophene rings is 1. The van der Waals surface area contributed by atoms with Crippen LogP contribution in [0.3, 0.4) is 0 Å². The zero-order valence-corrected chi connectivity index (χ0v) is 23.8. The number of aromatic nitrogens is 3. The first-order chi connectivity index (χ1) is 18.3. The van der Waals surface area contributed by atoms with Crippen LogP contribution in [0.4, 0.5) is 5.00 Å². The number of morpholine rings is 1. The maximum Gasteiger partial charge on any atom is 0.235 e. The van der Waals surface area contributed by atoms with Crippen molar-refractivity contribution in [1.82, 2.24) is 19.7 Å². The summed E-state index contributed by atoms with van der Waals surface area (Å²) in [6, 6.07) is 12.4. The highest BCUT2D eigenvalue weighted by Gasteiger charge is 2.32. The van der Waals surface area contributed by atoms with Gasteiger partial charge in [-0.15, -0.1) is 21.5 Å². The largest absolute Gasteiger partial charge is 0.379 e. The summed E-state index contributed by atoms with van der Waals surface area (Å²) in [5.74, 6) is 1.46. The van der Waals surface area contributed by atoms with Crippen molar-refractivity contribution in [2.45, 2.75) is 51.7 Å². The maximum atomic E-state index is 13.0. The highest BCUT2D eigenvalue weighted by molar-refractivity contribution is 7.99. The number of nitrogens with one attached hydrogen (secondary N) is 1. The van der Waals surface area contributed by atoms with E-state index in [0.29, 0.717) is 28.2 Å². The van der Waals surface area contributed by atoms with Crippen molar-refractivity contribution >= 4 is 34.0 Å². The fourth-order valence-corrected chi connectivity index (χ4v) is 7.18. The summed E-state index contributed by atoms with van der Waals surface area (Å²) in [4.78, 5) is 16.6. The van der Waals surface area contributed by atoms with E-state index in [1.807, 2.05) is 34.9 Å². The Morgan fingerprint density at radius 1 is 1.24 bits per heavy atom. The molecule has 1 aromatic carbocycles. The Bertz CT molecular complexity index is 1320. The number of para-hydroxylation sites is 1. The molecule has 0 bridgehead atoms. The van der Waals surface area contributed by atoms with Crippen LogP contribution in [0.15, 0.2) is 35.5 Å². The minimum atomic E-state index is -0.144. The van der Waals surface area contributed by atoms with Gasteiger partial charge in [0, 0.05) is 23.7 Å². The van der Waals surface area contributed by atoms with Gasteiger partial charge in [0.2, 0.25) is 5.91 Å². The molecule has 200 valence electrons. The van der Waals surface area contributed by atoms with E-state index >= 15 is 0 Å². The normalized spacial score (nSPS) is 18.1. The monoisotopic (exact) mass is 550 g/mol. The number of ether oxygens (including phenoxy) is 1. The van der Waals surface area contributed by atoms with Crippen molar-refractivity contribution in [3.8, 4) is 11.8 Å². The van der Waals surface area contributed by atoms with E-state index in [1.165, 1.54) is 16.6 Å². The molecule has 1 N–H and O–H groups in total. The summed E-state index contributed by atoms with van der Waals surface area (Å²) in [7, 11) is 0. The summed E-state index contributed by atoms with van der Waals surface area (Å²) >= 11 is 2.93. The van der Waals surface area contributed by atoms with Crippen molar-refractivity contribution in [3.63, 3.8) is 0 Å². The Balaban J connectivity index is 1.30. The molecule has 1 amide bonds. The number of amides is 1. The van der Waals surface area contributed by atoms with Crippen LogP contribution in [-0.2, 0) is 28.9 Å². The molecular weight excluding hydrogens is 516 g/mol. The first-order valence-corrected chi connectivity index (χ1v) is 14.9. The average molecular weight is 551 g/mol. The quantitative estimate of drug-likeness (QED) is 0.418. The number of anilines is 1. The molecule has 2 aromatic heterocycles. The number of nitriles is 1. The van der Waals surface area contributed by atoms with Gasteiger partial charge < -0.3 is 10.1 Å². The predicted octanol–water partition coefficient (Wildman–Crippen LogP) is 4.91. The van der Waals surface area contributed by atoms with Crippen LogP contribution in [-0.4, -0.2) is 57.6 Å². The van der Waals surface area contributed by atoms with Gasteiger partial charge in [0.25, 0.3) is 0 Å². The van der Waals surface area contributed by atoms with Crippen LogP contribution in [0, 0.1) is 22.7 Å². The van der Waals surface area contributed by atoms with Gasteiger partial charge in [-0.3, -0.25) is 14.3 Å². The van der Waals surface area contributed by atoms with Gasteiger partial charge in [-0.1, -0.05) is 50.7 Å². The van der Waals surface area contributed by atoms with Crippen molar-refractivity contribution in [3.05, 3.63) is 52.2 Å². The van der Waals surface area contributed by atoms with E-state index in [0.717, 1.165) is 62.6 Å². The fraction of sp³-hybridized carbons (Fsp3) is 0.500. The first-order valence-electron chi connectivity index (χ1n) is 13.1. The lowest BCUT2D eigenvalue weighted by Crippen LogP contribution is -2.36. The number of thioether (sulfide) groups is 1. The molecule has 1 unspecified atom stereocenters. The molecule has 10 heteroatoms. The van der Waals surface area contributed by atoms with Crippen molar-refractivity contribution < 1.29 is 9.53 Å². The maximum absolute atomic E-state index is 13.0. The molecule has 1 atom stereocenters. The smallest absolute Gasteiger partial charge is 0.235 e. The molecule has 0 radical (unpaired) electrons. The molecule has 0 saturated carbocycles. The summed E-state index contributed by atoms with van der Waals surface area (Å²) in [5, 5.41) is 23.2. The second-order valence-corrected chi connectivity index (χ2v) is 13.0. The molecule has 1 fully saturated rings. The zero-order valence-electron chi connectivity index (χ0n) is 22.2. The number of rotatable bonds is 7. The lowest BCUT2D eigenvalue weighted by atomic mass is 9.72. The first kappa shape index (κ1) is 26.9. The van der Waals surface area contributed by atoms with Gasteiger partial charge in [0.15, 0.2) is 11.0 Å². The molecule has 1 saturated heterocycles. The third kappa shape index (κ3) is 5.96. The van der Waals surface area contributed by atoms with E-state index in [1.54, 1.807) is 11.3 Å². The van der Waals surface area contributed by atoms with Gasteiger partial charge >= 0.3 is 0 Å². The van der Waals surface area contributed by atoms with Crippen LogP contribution in [0.2, 0.25) is 0 Å². The number of hydrogen-bond donors (Lipinski definition) is 1. The Morgan fingerprint density at radius 2 is 2.00 bits per heavy atom. The highest BCUT2D eigenvalue weighted by Crippen LogP contribution is 2.44. The van der Waals surface area contributed by atoms with E-state index in [2.05, 4.69) is 47.3 Å². The average Bonchev–Trinajstić information content (AvgIpc) is 3.47. The van der Waals surface area contributed by atoms with Gasteiger partial charge in [-0.2, -0.15) is 5.26 Å². The minimum absolute atomic E-state index is 0.144. The Kier molecular flexibility index (Phi) is 8.19. The molecular formula is C28H34N6O2S2. The highest BCUT2D eigenvalue weighted by atomic mass is 32.2. The van der Waals surface area contributed by atoms with Gasteiger partial charge in [-0.25, -0.2) is 0 Å².